The van der Waals surface area contributed by atoms with E-state index >= 15 is 0 Å². The van der Waals surface area contributed by atoms with E-state index < -0.39 is 27.9 Å². The van der Waals surface area contributed by atoms with Gasteiger partial charge in [-0.3, -0.25) is 9.59 Å². The number of rotatable bonds is 10. The Labute approximate surface area is 156 Å². The molecule has 0 aliphatic heterocycles. The molecule has 2 rings (SSSR count). The fourth-order valence-corrected chi connectivity index (χ4v) is 3.48. The third-order valence-electron chi connectivity index (χ3n) is 3.68. The van der Waals surface area contributed by atoms with E-state index in [0.717, 1.165) is 0 Å². The van der Waals surface area contributed by atoms with Crippen LogP contribution >= 0.6 is 0 Å². The van der Waals surface area contributed by atoms with Crippen molar-refractivity contribution >= 4 is 21.8 Å². The zero-order valence-electron chi connectivity index (χ0n) is 14.7. The summed E-state index contributed by atoms with van der Waals surface area (Å²) in [7, 11) is -2.53. The number of hydrogen-bond acceptors (Lipinski definition) is 6. The van der Waals surface area contributed by atoms with Gasteiger partial charge in [-0.15, -0.1) is 0 Å². The van der Waals surface area contributed by atoms with Crippen LogP contribution in [0.3, 0.4) is 0 Å². The number of furan rings is 1. The van der Waals surface area contributed by atoms with Crippen molar-refractivity contribution in [2.45, 2.75) is 30.3 Å². The summed E-state index contributed by atoms with van der Waals surface area (Å²) in [5.74, 6) is -0.224. The molecule has 2 amide bonds. The van der Waals surface area contributed by atoms with Gasteiger partial charge in [-0.1, -0.05) is 0 Å². The van der Waals surface area contributed by atoms with Gasteiger partial charge in [0.1, 0.15) is 17.6 Å². The SMILES string of the molecule is COc1ccc(S(=O)(=O)NC(CCC(N)=O)C(=O)NCc2ccco2)cc1. The second-order valence-corrected chi connectivity index (χ2v) is 7.37. The van der Waals surface area contributed by atoms with E-state index in [1.165, 1.54) is 37.6 Å². The molecule has 0 saturated carbocycles. The number of sulfonamides is 1. The highest BCUT2D eigenvalue weighted by atomic mass is 32.2. The Morgan fingerprint density at radius 1 is 1.22 bits per heavy atom. The van der Waals surface area contributed by atoms with E-state index in [1.807, 2.05) is 0 Å². The Balaban J connectivity index is 2.11. The lowest BCUT2D eigenvalue weighted by atomic mass is 10.1. The molecule has 10 heteroatoms. The van der Waals surface area contributed by atoms with Crippen molar-refractivity contribution in [3.05, 3.63) is 48.4 Å². The summed E-state index contributed by atoms with van der Waals surface area (Å²) in [5.41, 5.74) is 5.12. The van der Waals surface area contributed by atoms with Gasteiger partial charge in [-0.05, 0) is 42.8 Å². The molecule has 0 fully saturated rings. The van der Waals surface area contributed by atoms with Crippen LogP contribution in [0.4, 0.5) is 0 Å². The number of carbonyl (C=O) groups excluding carboxylic acids is 2. The average Bonchev–Trinajstić information content (AvgIpc) is 3.16. The summed E-state index contributed by atoms with van der Waals surface area (Å²) >= 11 is 0. The van der Waals surface area contributed by atoms with Gasteiger partial charge < -0.3 is 20.2 Å². The topological polar surface area (TPSA) is 141 Å². The lowest BCUT2D eigenvalue weighted by Gasteiger charge is -2.18. The molecular formula is C17H21N3O6S. The standard InChI is InChI=1S/C17H21N3O6S/c1-25-12-4-6-14(7-5-12)27(23,24)20-15(8-9-16(18)21)17(22)19-11-13-3-2-10-26-13/h2-7,10,15,20H,8-9,11H2,1H3,(H2,18,21)(H,19,22). The molecule has 0 aliphatic rings. The molecule has 4 N–H and O–H groups in total. The van der Waals surface area contributed by atoms with E-state index in [0.29, 0.717) is 11.5 Å². The number of carbonyl (C=O) groups is 2. The van der Waals surface area contributed by atoms with Gasteiger partial charge in [-0.25, -0.2) is 8.42 Å². The van der Waals surface area contributed by atoms with E-state index in [1.54, 1.807) is 12.1 Å². The number of nitrogens with one attached hydrogen (secondary N) is 2. The largest absolute Gasteiger partial charge is 0.497 e. The monoisotopic (exact) mass is 395 g/mol. The molecule has 0 spiro atoms. The second kappa shape index (κ2) is 9.19. The molecule has 0 aliphatic carbocycles. The molecule has 0 saturated heterocycles. The first-order valence-corrected chi connectivity index (χ1v) is 9.55. The van der Waals surface area contributed by atoms with Crippen LogP contribution in [0.5, 0.6) is 5.75 Å². The number of hydrogen-bond donors (Lipinski definition) is 3. The van der Waals surface area contributed by atoms with Crippen molar-refractivity contribution in [1.82, 2.24) is 10.0 Å². The van der Waals surface area contributed by atoms with E-state index in [2.05, 4.69) is 10.0 Å². The summed E-state index contributed by atoms with van der Waals surface area (Å²) in [6.45, 7) is 0.0865. The van der Waals surface area contributed by atoms with Crippen LogP contribution in [-0.2, 0) is 26.2 Å². The summed E-state index contributed by atoms with van der Waals surface area (Å²) in [6, 6.07) is 7.85. The smallest absolute Gasteiger partial charge is 0.241 e. The first kappa shape index (κ1) is 20.5. The molecule has 0 bridgehead atoms. The molecule has 1 heterocycles. The Morgan fingerprint density at radius 3 is 2.48 bits per heavy atom. The van der Waals surface area contributed by atoms with Gasteiger partial charge >= 0.3 is 0 Å². The van der Waals surface area contributed by atoms with Crippen LogP contribution in [0.15, 0.2) is 52.0 Å². The van der Waals surface area contributed by atoms with Crippen molar-refractivity contribution in [2.75, 3.05) is 7.11 Å². The van der Waals surface area contributed by atoms with Crippen LogP contribution < -0.4 is 20.5 Å². The number of nitrogens with two attached hydrogens (primary N) is 1. The van der Waals surface area contributed by atoms with Gasteiger partial charge in [0, 0.05) is 6.42 Å². The third kappa shape index (κ3) is 6.12. The molecular weight excluding hydrogens is 374 g/mol. The Kier molecular flexibility index (Phi) is 6.97. The summed E-state index contributed by atoms with van der Waals surface area (Å²) < 4.78 is 37.5. The fourth-order valence-electron chi connectivity index (χ4n) is 2.25. The zero-order chi connectivity index (χ0) is 19.9. The van der Waals surface area contributed by atoms with Crippen molar-refractivity contribution in [3.8, 4) is 5.75 Å². The molecule has 27 heavy (non-hydrogen) atoms. The fraction of sp³-hybridized carbons (Fsp3) is 0.294. The highest BCUT2D eigenvalue weighted by Gasteiger charge is 2.26. The van der Waals surface area contributed by atoms with E-state index in [4.69, 9.17) is 14.9 Å². The summed E-state index contributed by atoms with van der Waals surface area (Å²) in [6.07, 6.45) is 1.23. The van der Waals surface area contributed by atoms with Gasteiger partial charge in [0.15, 0.2) is 0 Å². The van der Waals surface area contributed by atoms with Crippen molar-refractivity contribution in [1.29, 1.82) is 0 Å². The quantitative estimate of drug-likeness (QED) is 0.535. The maximum Gasteiger partial charge on any atom is 0.241 e. The summed E-state index contributed by atoms with van der Waals surface area (Å²) in [5, 5.41) is 2.57. The first-order valence-electron chi connectivity index (χ1n) is 8.06. The van der Waals surface area contributed by atoms with Crippen molar-refractivity contribution in [2.24, 2.45) is 5.73 Å². The Bertz CT molecular complexity index is 863. The molecule has 1 aromatic carbocycles. The lowest BCUT2D eigenvalue weighted by Crippen LogP contribution is -2.46. The predicted molar refractivity (Wildman–Crippen MR) is 96.1 cm³/mol. The normalized spacial score (nSPS) is 12.3. The van der Waals surface area contributed by atoms with E-state index in [9.17, 15) is 18.0 Å². The number of methoxy groups -OCH3 is 1. The van der Waals surface area contributed by atoms with Crippen LogP contribution in [0.25, 0.3) is 0 Å². The Morgan fingerprint density at radius 2 is 1.93 bits per heavy atom. The second-order valence-electron chi connectivity index (χ2n) is 5.65. The number of primary amides is 1. The van der Waals surface area contributed by atoms with Crippen LogP contribution in [0.1, 0.15) is 18.6 Å². The number of benzene rings is 1. The molecule has 0 radical (unpaired) electrons. The minimum Gasteiger partial charge on any atom is -0.497 e. The van der Waals surface area contributed by atoms with Crippen LogP contribution in [0.2, 0.25) is 0 Å². The predicted octanol–water partition coefficient (Wildman–Crippen LogP) is 0.517. The maximum atomic E-state index is 12.6. The zero-order valence-corrected chi connectivity index (χ0v) is 15.5. The van der Waals surface area contributed by atoms with Crippen LogP contribution in [0, 0.1) is 0 Å². The molecule has 1 unspecified atom stereocenters. The lowest BCUT2D eigenvalue weighted by molar-refractivity contribution is -0.123. The van der Waals surface area contributed by atoms with Gasteiger partial charge in [-0.2, -0.15) is 4.72 Å². The van der Waals surface area contributed by atoms with E-state index in [-0.39, 0.29) is 24.3 Å². The minimum absolute atomic E-state index is 0.0359. The van der Waals surface area contributed by atoms with Gasteiger partial charge in [0.25, 0.3) is 0 Å². The molecule has 1 atom stereocenters. The Hall–Kier alpha value is -2.85. The first-order chi connectivity index (χ1) is 12.8. The molecule has 9 nitrogen and oxygen atoms in total. The molecule has 2 aromatic rings. The average molecular weight is 395 g/mol. The van der Waals surface area contributed by atoms with Crippen LogP contribution in [-0.4, -0.2) is 33.4 Å². The maximum absolute atomic E-state index is 12.6. The molecule has 146 valence electrons. The third-order valence-corrected chi connectivity index (χ3v) is 5.17. The highest BCUT2D eigenvalue weighted by molar-refractivity contribution is 7.89. The molecule has 1 aromatic heterocycles. The van der Waals surface area contributed by atoms with Crippen molar-refractivity contribution in [3.63, 3.8) is 0 Å². The van der Waals surface area contributed by atoms with Crippen molar-refractivity contribution < 1.29 is 27.2 Å². The number of ether oxygens (including phenoxy) is 1. The highest BCUT2D eigenvalue weighted by Crippen LogP contribution is 2.16. The van der Waals surface area contributed by atoms with Gasteiger partial charge in [0.2, 0.25) is 21.8 Å². The minimum atomic E-state index is -3.99. The van der Waals surface area contributed by atoms with Gasteiger partial charge in [0.05, 0.1) is 24.8 Å². The number of amides is 2. The summed E-state index contributed by atoms with van der Waals surface area (Å²) in [4.78, 5) is 23.4.